The number of benzene rings is 1. The third kappa shape index (κ3) is 3.21. The van der Waals surface area contributed by atoms with Crippen molar-refractivity contribution in [1.82, 2.24) is 10.2 Å². The van der Waals surface area contributed by atoms with Crippen LogP contribution in [0.5, 0.6) is 11.5 Å². The number of ether oxygens (including phenoxy) is 1. The average Bonchev–Trinajstić information content (AvgIpc) is 3.11. The van der Waals surface area contributed by atoms with Gasteiger partial charge in [-0.3, -0.25) is 15.0 Å². The summed E-state index contributed by atoms with van der Waals surface area (Å²) in [6, 6.07) is 6.40. The Morgan fingerprint density at radius 2 is 2.17 bits per heavy atom. The third-order valence-corrected chi connectivity index (χ3v) is 5.07. The molecule has 1 aliphatic rings. The summed E-state index contributed by atoms with van der Waals surface area (Å²) in [7, 11) is 1.40. The molecule has 0 spiro atoms. The van der Waals surface area contributed by atoms with Gasteiger partial charge in [0, 0.05) is 42.7 Å². The summed E-state index contributed by atoms with van der Waals surface area (Å²) in [5, 5.41) is 27.1. The monoisotopic (exact) mass is 349 g/mol. The number of rotatable bonds is 5. The summed E-state index contributed by atoms with van der Waals surface area (Å²) in [6.45, 7) is 3.28. The van der Waals surface area contributed by atoms with E-state index in [-0.39, 0.29) is 23.2 Å². The predicted molar refractivity (Wildman–Crippen MR) is 91.9 cm³/mol. The van der Waals surface area contributed by atoms with Crippen molar-refractivity contribution in [3.05, 3.63) is 50.2 Å². The lowest BCUT2D eigenvalue weighted by Crippen LogP contribution is -2.45. The number of non-ortho nitro benzene ring substituents is 1. The molecule has 1 aromatic carbocycles. The van der Waals surface area contributed by atoms with Gasteiger partial charge in [0.15, 0.2) is 11.5 Å². The minimum Gasteiger partial charge on any atom is -0.504 e. The van der Waals surface area contributed by atoms with Gasteiger partial charge in [0.1, 0.15) is 0 Å². The molecule has 0 saturated carbocycles. The zero-order valence-electron chi connectivity index (χ0n) is 13.3. The second kappa shape index (κ2) is 7.16. The van der Waals surface area contributed by atoms with Gasteiger partial charge in [0.25, 0.3) is 5.69 Å². The molecule has 1 aliphatic heterocycles. The highest BCUT2D eigenvalue weighted by Gasteiger charge is 2.30. The summed E-state index contributed by atoms with van der Waals surface area (Å²) in [6.07, 6.45) is 0. The Labute approximate surface area is 143 Å². The fourth-order valence-electron chi connectivity index (χ4n) is 3.00. The molecule has 128 valence electrons. The Morgan fingerprint density at radius 1 is 1.42 bits per heavy atom. The minimum absolute atomic E-state index is 0.0416. The second-order valence-corrected chi connectivity index (χ2v) is 6.53. The van der Waals surface area contributed by atoms with E-state index in [9.17, 15) is 15.2 Å². The highest BCUT2D eigenvalue weighted by atomic mass is 32.1. The third-order valence-electron chi connectivity index (χ3n) is 4.14. The van der Waals surface area contributed by atoms with Gasteiger partial charge in [-0.25, -0.2) is 0 Å². The van der Waals surface area contributed by atoms with E-state index >= 15 is 0 Å². The first-order valence-electron chi connectivity index (χ1n) is 7.65. The largest absolute Gasteiger partial charge is 0.504 e. The van der Waals surface area contributed by atoms with Crippen molar-refractivity contribution in [3.63, 3.8) is 0 Å². The van der Waals surface area contributed by atoms with Gasteiger partial charge in [-0.05, 0) is 11.4 Å². The zero-order valence-corrected chi connectivity index (χ0v) is 14.1. The second-order valence-electron chi connectivity index (χ2n) is 5.55. The topological polar surface area (TPSA) is 87.9 Å². The summed E-state index contributed by atoms with van der Waals surface area (Å²) >= 11 is 1.57. The summed E-state index contributed by atoms with van der Waals surface area (Å²) in [5.74, 6) is 0.0796. The molecule has 2 aromatic rings. The Bertz CT molecular complexity index is 714. The van der Waals surface area contributed by atoms with E-state index in [1.165, 1.54) is 19.2 Å². The van der Waals surface area contributed by atoms with Crippen molar-refractivity contribution in [3.8, 4) is 11.5 Å². The summed E-state index contributed by atoms with van der Waals surface area (Å²) in [5.41, 5.74) is 0.418. The minimum atomic E-state index is -0.464. The van der Waals surface area contributed by atoms with E-state index in [4.69, 9.17) is 4.74 Å². The Balaban J connectivity index is 2.13. The lowest BCUT2D eigenvalue weighted by atomic mass is 10.00. The maximum atomic E-state index is 11.3. The maximum absolute atomic E-state index is 11.3. The molecule has 7 nitrogen and oxygen atoms in total. The first kappa shape index (κ1) is 16.7. The number of aromatic hydroxyl groups is 1. The number of nitrogens with zero attached hydrogens (tertiary/aromatic N) is 2. The standard InChI is InChI=1S/C16H19N3O4S/c1-23-13-10-11(19(21)22)9-12(16(13)20)15(14-3-2-8-24-14)18-6-4-17-5-7-18/h2-3,8-10,15,17,20H,4-7H2,1H3/t15-/m1/s1. The van der Waals surface area contributed by atoms with Crippen LogP contribution in [0.25, 0.3) is 0 Å². The number of methoxy groups -OCH3 is 1. The number of hydrogen-bond donors (Lipinski definition) is 2. The van der Waals surface area contributed by atoms with Crippen LogP contribution >= 0.6 is 11.3 Å². The van der Waals surface area contributed by atoms with Crippen LogP contribution in [0.2, 0.25) is 0 Å². The first-order chi connectivity index (χ1) is 11.6. The zero-order chi connectivity index (χ0) is 17.1. The van der Waals surface area contributed by atoms with Crippen molar-refractivity contribution in [1.29, 1.82) is 0 Å². The van der Waals surface area contributed by atoms with Gasteiger partial charge in [0.2, 0.25) is 0 Å². The summed E-state index contributed by atoms with van der Waals surface area (Å²) in [4.78, 5) is 14.1. The van der Waals surface area contributed by atoms with Crippen LogP contribution in [0.1, 0.15) is 16.5 Å². The fourth-order valence-corrected chi connectivity index (χ4v) is 3.88. The molecule has 0 bridgehead atoms. The van der Waals surface area contributed by atoms with Crippen LogP contribution < -0.4 is 10.1 Å². The van der Waals surface area contributed by atoms with Gasteiger partial charge in [0.05, 0.1) is 24.1 Å². The molecule has 1 atom stereocenters. The van der Waals surface area contributed by atoms with E-state index in [1.54, 1.807) is 11.3 Å². The van der Waals surface area contributed by atoms with Crippen LogP contribution in [-0.4, -0.2) is 48.2 Å². The molecule has 8 heteroatoms. The smallest absolute Gasteiger partial charge is 0.273 e. The van der Waals surface area contributed by atoms with Crippen molar-refractivity contribution in [2.24, 2.45) is 0 Å². The molecule has 3 rings (SSSR count). The van der Waals surface area contributed by atoms with Crippen LogP contribution in [0.15, 0.2) is 29.6 Å². The van der Waals surface area contributed by atoms with Gasteiger partial charge in [-0.1, -0.05) is 6.07 Å². The molecule has 24 heavy (non-hydrogen) atoms. The quantitative estimate of drug-likeness (QED) is 0.636. The predicted octanol–water partition coefficient (Wildman–Crippen LogP) is 2.37. The Hall–Kier alpha value is -2.16. The van der Waals surface area contributed by atoms with Gasteiger partial charge in [-0.15, -0.1) is 11.3 Å². The molecule has 1 aromatic heterocycles. The number of hydrogen-bond acceptors (Lipinski definition) is 7. The molecule has 1 saturated heterocycles. The molecule has 0 aliphatic carbocycles. The van der Waals surface area contributed by atoms with Crippen molar-refractivity contribution >= 4 is 17.0 Å². The van der Waals surface area contributed by atoms with Crippen LogP contribution in [0, 0.1) is 10.1 Å². The first-order valence-corrected chi connectivity index (χ1v) is 8.53. The molecule has 0 radical (unpaired) electrons. The molecular formula is C16H19N3O4S. The van der Waals surface area contributed by atoms with Crippen LogP contribution in [0.3, 0.4) is 0 Å². The number of phenolic OH excluding ortho intramolecular Hbond substituents is 1. The van der Waals surface area contributed by atoms with E-state index in [2.05, 4.69) is 10.2 Å². The molecule has 2 heterocycles. The number of nitrogens with one attached hydrogen (secondary N) is 1. The van der Waals surface area contributed by atoms with Crippen molar-refractivity contribution < 1.29 is 14.8 Å². The molecular weight excluding hydrogens is 330 g/mol. The lowest BCUT2D eigenvalue weighted by Gasteiger charge is -2.35. The lowest BCUT2D eigenvalue weighted by molar-refractivity contribution is -0.385. The molecule has 2 N–H and O–H groups in total. The normalized spacial score (nSPS) is 16.7. The number of nitro groups is 1. The average molecular weight is 349 g/mol. The number of phenols is 1. The Kier molecular flexibility index (Phi) is 4.98. The Morgan fingerprint density at radius 3 is 2.75 bits per heavy atom. The highest BCUT2D eigenvalue weighted by molar-refractivity contribution is 7.10. The van der Waals surface area contributed by atoms with Crippen molar-refractivity contribution in [2.75, 3.05) is 33.3 Å². The van der Waals surface area contributed by atoms with Crippen LogP contribution in [0.4, 0.5) is 5.69 Å². The van der Waals surface area contributed by atoms with Gasteiger partial charge >= 0.3 is 0 Å². The van der Waals surface area contributed by atoms with Crippen LogP contribution in [-0.2, 0) is 0 Å². The molecule has 0 unspecified atom stereocenters. The fraction of sp³-hybridized carbons (Fsp3) is 0.375. The van der Waals surface area contributed by atoms with E-state index < -0.39 is 4.92 Å². The van der Waals surface area contributed by atoms with Gasteiger partial charge < -0.3 is 15.2 Å². The number of thiophene rings is 1. The maximum Gasteiger partial charge on any atom is 0.273 e. The summed E-state index contributed by atoms with van der Waals surface area (Å²) < 4.78 is 5.15. The SMILES string of the molecule is COc1cc([N+](=O)[O-])cc([C@H](c2cccs2)N2CCNCC2)c1O. The van der Waals surface area contributed by atoms with Crippen molar-refractivity contribution in [2.45, 2.75) is 6.04 Å². The molecule has 0 amide bonds. The van der Waals surface area contributed by atoms with Gasteiger partial charge in [-0.2, -0.15) is 0 Å². The highest BCUT2D eigenvalue weighted by Crippen LogP contribution is 2.43. The van der Waals surface area contributed by atoms with E-state index in [0.29, 0.717) is 5.56 Å². The number of piperazine rings is 1. The molecule has 1 fully saturated rings. The number of nitro benzene ring substituents is 1. The van der Waals surface area contributed by atoms with E-state index in [0.717, 1.165) is 31.1 Å². The van der Waals surface area contributed by atoms with E-state index in [1.807, 2.05) is 17.5 Å².